The van der Waals surface area contributed by atoms with Gasteiger partial charge in [0.05, 0.1) is 5.02 Å². The van der Waals surface area contributed by atoms with Crippen LogP contribution in [0.1, 0.15) is 35.9 Å². The minimum Gasteiger partial charge on any atom is -0.360 e. The average Bonchev–Trinajstić information content (AvgIpc) is 2.94. The van der Waals surface area contributed by atoms with Gasteiger partial charge in [-0.3, -0.25) is 9.59 Å². The Labute approximate surface area is 145 Å². The van der Waals surface area contributed by atoms with Crippen molar-refractivity contribution in [2.45, 2.75) is 26.7 Å². The molecule has 0 aliphatic rings. The van der Waals surface area contributed by atoms with Crippen LogP contribution in [0.15, 0.2) is 28.8 Å². The topological polar surface area (TPSA) is 84.2 Å². The third-order valence-corrected chi connectivity index (χ3v) is 3.76. The lowest BCUT2D eigenvalue weighted by Crippen LogP contribution is -2.31. The van der Waals surface area contributed by atoms with Crippen LogP contribution in [0.4, 0.5) is 0 Å². The molecule has 2 aromatic rings. The van der Waals surface area contributed by atoms with Crippen LogP contribution >= 0.6 is 11.6 Å². The highest BCUT2D eigenvalue weighted by Gasteiger charge is 2.22. The Morgan fingerprint density at radius 1 is 1.21 bits per heavy atom. The first-order chi connectivity index (χ1) is 11.5. The lowest BCUT2D eigenvalue weighted by molar-refractivity contribution is -0.120. The van der Waals surface area contributed by atoms with Gasteiger partial charge in [0.25, 0.3) is 5.91 Å². The standard InChI is InChI=1S/C17H20ClN3O3/c1-3-9-19-14(22)8-10-20-17(23)15-11(2)24-21-16(15)12-6-4-5-7-13(12)18/h4-7H,3,8-10H2,1-2H3,(H,19,22)(H,20,23). The molecule has 0 atom stereocenters. The van der Waals surface area contributed by atoms with Crippen LogP contribution in [0.5, 0.6) is 0 Å². The third kappa shape index (κ3) is 4.35. The van der Waals surface area contributed by atoms with E-state index in [2.05, 4.69) is 15.8 Å². The summed E-state index contributed by atoms with van der Waals surface area (Å²) in [5.74, 6) is -0.0321. The Hall–Kier alpha value is -2.34. The largest absolute Gasteiger partial charge is 0.360 e. The molecule has 0 bridgehead atoms. The van der Waals surface area contributed by atoms with Crippen molar-refractivity contribution in [2.75, 3.05) is 13.1 Å². The summed E-state index contributed by atoms with van der Waals surface area (Å²) in [6.45, 7) is 4.51. The number of carbonyl (C=O) groups is 2. The van der Waals surface area contributed by atoms with Gasteiger partial charge in [-0.05, 0) is 19.4 Å². The summed E-state index contributed by atoms with van der Waals surface area (Å²) in [6.07, 6.45) is 1.09. The fourth-order valence-electron chi connectivity index (χ4n) is 2.21. The van der Waals surface area contributed by atoms with E-state index in [4.69, 9.17) is 16.1 Å². The number of benzene rings is 1. The maximum atomic E-state index is 12.4. The third-order valence-electron chi connectivity index (χ3n) is 3.43. The zero-order chi connectivity index (χ0) is 17.5. The number of amides is 2. The molecule has 2 amide bonds. The molecule has 1 aromatic heterocycles. The van der Waals surface area contributed by atoms with Crippen molar-refractivity contribution >= 4 is 23.4 Å². The van der Waals surface area contributed by atoms with Gasteiger partial charge >= 0.3 is 0 Å². The zero-order valence-corrected chi connectivity index (χ0v) is 14.4. The van der Waals surface area contributed by atoms with Crippen LogP contribution in [0.25, 0.3) is 11.3 Å². The highest BCUT2D eigenvalue weighted by molar-refractivity contribution is 6.33. The van der Waals surface area contributed by atoms with Crippen LogP contribution in [-0.2, 0) is 4.79 Å². The zero-order valence-electron chi connectivity index (χ0n) is 13.7. The van der Waals surface area contributed by atoms with Crippen molar-refractivity contribution in [3.05, 3.63) is 40.6 Å². The van der Waals surface area contributed by atoms with Crippen LogP contribution < -0.4 is 10.6 Å². The first-order valence-electron chi connectivity index (χ1n) is 7.80. The van der Waals surface area contributed by atoms with E-state index in [-0.39, 0.29) is 24.8 Å². The quantitative estimate of drug-likeness (QED) is 0.804. The molecule has 128 valence electrons. The molecule has 0 aliphatic carbocycles. The summed E-state index contributed by atoms with van der Waals surface area (Å²) >= 11 is 6.17. The van der Waals surface area contributed by atoms with Crippen LogP contribution in [0.2, 0.25) is 5.02 Å². The number of aromatic nitrogens is 1. The van der Waals surface area contributed by atoms with Gasteiger partial charge in [0.1, 0.15) is 17.0 Å². The number of halogens is 1. The first-order valence-corrected chi connectivity index (χ1v) is 8.18. The summed E-state index contributed by atoms with van der Waals surface area (Å²) in [4.78, 5) is 24.0. The minimum absolute atomic E-state index is 0.0921. The smallest absolute Gasteiger partial charge is 0.257 e. The number of rotatable bonds is 7. The van der Waals surface area contributed by atoms with E-state index >= 15 is 0 Å². The molecule has 0 aliphatic heterocycles. The monoisotopic (exact) mass is 349 g/mol. The van der Waals surface area contributed by atoms with E-state index in [9.17, 15) is 9.59 Å². The van der Waals surface area contributed by atoms with E-state index in [0.717, 1.165) is 6.42 Å². The molecule has 1 heterocycles. The number of hydrogen-bond donors (Lipinski definition) is 2. The Bertz CT molecular complexity index is 728. The molecule has 6 nitrogen and oxygen atoms in total. The second-order valence-corrected chi connectivity index (χ2v) is 5.71. The molecule has 24 heavy (non-hydrogen) atoms. The normalized spacial score (nSPS) is 10.5. The van der Waals surface area contributed by atoms with Crippen molar-refractivity contribution in [3.8, 4) is 11.3 Å². The first kappa shape index (κ1) is 18.0. The van der Waals surface area contributed by atoms with E-state index in [0.29, 0.717) is 34.1 Å². The van der Waals surface area contributed by atoms with Crippen molar-refractivity contribution in [1.82, 2.24) is 15.8 Å². The van der Waals surface area contributed by atoms with E-state index < -0.39 is 0 Å². The average molecular weight is 350 g/mol. The Morgan fingerprint density at radius 2 is 1.96 bits per heavy atom. The number of nitrogens with zero attached hydrogens (tertiary/aromatic N) is 1. The fraction of sp³-hybridized carbons (Fsp3) is 0.353. The Morgan fingerprint density at radius 3 is 2.67 bits per heavy atom. The molecule has 2 N–H and O–H groups in total. The summed E-state index contributed by atoms with van der Waals surface area (Å²) in [6, 6.07) is 7.10. The van der Waals surface area contributed by atoms with E-state index in [1.165, 1.54) is 0 Å². The molecule has 0 spiro atoms. The molecule has 0 saturated carbocycles. The fourth-order valence-corrected chi connectivity index (χ4v) is 2.43. The molecule has 1 aromatic carbocycles. The van der Waals surface area contributed by atoms with Crippen LogP contribution in [0.3, 0.4) is 0 Å². The summed E-state index contributed by atoms with van der Waals surface area (Å²) in [5.41, 5.74) is 1.35. The van der Waals surface area contributed by atoms with Gasteiger partial charge in [-0.15, -0.1) is 0 Å². The second-order valence-electron chi connectivity index (χ2n) is 5.30. The number of aryl methyl sites for hydroxylation is 1. The van der Waals surface area contributed by atoms with Gasteiger partial charge in [-0.2, -0.15) is 0 Å². The summed E-state index contributed by atoms with van der Waals surface area (Å²) < 4.78 is 5.16. The molecule has 2 rings (SSSR count). The van der Waals surface area contributed by atoms with Gasteiger partial charge in [0, 0.05) is 25.1 Å². The molecule has 0 unspecified atom stereocenters. The predicted octanol–water partition coefficient (Wildman–Crippen LogP) is 2.95. The van der Waals surface area contributed by atoms with E-state index in [1.807, 2.05) is 13.0 Å². The van der Waals surface area contributed by atoms with Gasteiger partial charge in [-0.25, -0.2) is 0 Å². The Kier molecular flexibility index (Phi) is 6.37. The lowest BCUT2D eigenvalue weighted by atomic mass is 10.1. The maximum Gasteiger partial charge on any atom is 0.257 e. The second kappa shape index (κ2) is 8.49. The van der Waals surface area contributed by atoms with Crippen LogP contribution in [0, 0.1) is 6.92 Å². The van der Waals surface area contributed by atoms with Crippen molar-refractivity contribution in [3.63, 3.8) is 0 Å². The maximum absolute atomic E-state index is 12.4. The lowest BCUT2D eigenvalue weighted by Gasteiger charge is -2.07. The highest BCUT2D eigenvalue weighted by atomic mass is 35.5. The molecular formula is C17H20ClN3O3. The van der Waals surface area contributed by atoms with Crippen molar-refractivity contribution < 1.29 is 14.1 Å². The number of carbonyl (C=O) groups excluding carboxylic acids is 2. The molecule has 0 radical (unpaired) electrons. The minimum atomic E-state index is -0.341. The highest BCUT2D eigenvalue weighted by Crippen LogP contribution is 2.30. The van der Waals surface area contributed by atoms with Crippen molar-refractivity contribution in [2.24, 2.45) is 0 Å². The van der Waals surface area contributed by atoms with E-state index in [1.54, 1.807) is 25.1 Å². The van der Waals surface area contributed by atoms with Crippen LogP contribution in [-0.4, -0.2) is 30.1 Å². The molecule has 0 fully saturated rings. The SMILES string of the molecule is CCCNC(=O)CCNC(=O)c1c(-c2ccccc2Cl)noc1C. The molecule has 0 saturated heterocycles. The number of hydrogen-bond acceptors (Lipinski definition) is 4. The predicted molar refractivity (Wildman–Crippen MR) is 91.9 cm³/mol. The van der Waals surface area contributed by atoms with Gasteiger partial charge < -0.3 is 15.2 Å². The summed E-state index contributed by atoms with van der Waals surface area (Å²) in [5, 5.41) is 9.92. The molecule has 7 heteroatoms. The Balaban J connectivity index is 2.07. The summed E-state index contributed by atoms with van der Waals surface area (Å²) in [7, 11) is 0. The number of nitrogens with one attached hydrogen (secondary N) is 2. The van der Waals surface area contributed by atoms with Gasteiger partial charge in [0.15, 0.2) is 0 Å². The van der Waals surface area contributed by atoms with Gasteiger partial charge in [0.2, 0.25) is 5.91 Å². The van der Waals surface area contributed by atoms with Gasteiger partial charge in [-0.1, -0.05) is 41.9 Å². The molecular weight excluding hydrogens is 330 g/mol. The van der Waals surface area contributed by atoms with Crippen molar-refractivity contribution in [1.29, 1.82) is 0 Å².